The quantitative estimate of drug-likeness (QED) is 0.402. The van der Waals surface area contributed by atoms with Gasteiger partial charge >= 0.3 is 0 Å². The molecule has 0 spiro atoms. The SMILES string of the molecule is CCCNC(=O)[C@@H](Cc1ccccc1)N(Cc1ccc(Cl)cc1Cl)C(=O)Cc1ccccc1. The standard InChI is InChI=1S/C27H28Cl2N2O2/c1-2-15-30-27(33)25(16-20-9-5-3-6-10-20)31(19-22-13-14-23(28)18-24(22)29)26(32)17-21-11-7-4-8-12-21/h3-14,18,25H,2,15-17,19H2,1H3,(H,30,33)/t25-/m1/s1. The van der Waals surface area contributed by atoms with Gasteiger partial charge in [0.1, 0.15) is 6.04 Å². The summed E-state index contributed by atoms with van der Waals surface area (Å²) in [7, 11) is 0. The van der Waals surface area contributed by atoms with Gasteiger partial charge in [0.2, 0.25) is 11.8 Å². The Kier molecular flexibility index (Phi) is 9.35. The second-order valence-electron chi connectivity index (χ2n) is 7.92. The Morgan fingerprint density at radius 3 is 2.15 bits per heavy atom. The van der Waals surface area contributed by atoms with Gasteiger partial charge in [0.05, 0.1) is 6.42 Å². The first-order chi connectivity index (χ1) is 16.0. The maximum absolute atomic E-state index is 13.6. The summed E-state index contributed by atoms with van der Waals surface area (Å²) in [6, 6.07) is 23.8. The van der Waals surface area contributed by atoms with E-state index in [1.165, 1.54) is 0 Å². The normalized spacial score (nSPS) is 11.6. The van der Waals surface area contributed by atoms with E-state index in [1.807, 2.05) is 67.6 Å². The van der Waals surface area contributed by atoms with E-state index in [0.717, 1.165) is 23.1 Å². The van der Waals surface area contributed by atoms with Crippen LogP contribution in [0.1, 0.15) is 30.0 Å². The minimum atomic E-state index is -0.679. The van der Waals surface area contributed by atoms with Gasteiger partial charge in [0.25, 0.3) is 0 Å². The minimum absolute atomic E-state index is 0.139. The smallest absolute Gasteiger partial charge is 0.243 e. The number of hydrogen-bond acceptors (Lipinski definition) is 2. The number of rotatable bonds is 10. The van der Waals surface area contributed by atoms with E-state index in [1.54, 1.807) is 23.1 Å². The van der Waals surface area contributed by atoms with Crippen LogP contribution in [0.15, 0.2) is 78.9 Å². The average Bonchev–Trinajstić information content (AvgIpc) is 2.82. The molecule has 0 saturated carbocycles. The van der Waals surface area contributed by atoms with Gasteiger partial charge in [0, 0.05) is 29.6 Å². The summed E-state index contributed by atoms with van der Waals surface area (Å²) in [6.07, 6.45) is 1.41. The van der Waals surface area contributed by atoms with Gasteiger partial charge < -0.3 is 10.2 Å². The zero-order valence-electron chi connectivity index (χ0n) is 18.6. The van der Waals surface area contributed by atoms with Gasteiger partial charge in [-0.25, -0.2) is 0 Å². The Hall–Kier alpha value is -2.82. The highest BCUT2D eigenvalue weighted by atomic mass is 35.5. The van der Waals surface area contributed by atoms with Crippen LogP contribution in [-0.2, 0) is 29.0 Å². The highest BCUT2D eigenvalue weighted by Gasteiger charge is 2.30. The van der Waals surface area contributed by atoms with E-state index in [0.29, 0.717) is 23.0 Å². The van der Waals surface area contributed by atoms with Crippen LogP contribution < -0.4 is 5.32 Å². The van der Waals surface area contributed by atoms with Crippen LogP contribution in [0.25, 0.3) is 0 Å². The predicted octanol–water partition coefficient (Wildman–Crippen LogP) is 5.70. The minimum Gasteiger partial charge on any atom is -0.354 e. The third-order valence-electron chi connectivity index (χ3n) is 5.37. The van der Waals surface area contributed by atoms with Gasteiger partial charge in [-0.3, -0.25) is 9.59 Å². The van der Waals surface area contributed by atoms with Crippen LogP contribution in [0, 0.1) is 0 Å². The van der Waals surface area contributed by atoms with E-state index in [9.17, 15) is 9.59 Å². The van der Waals surface area contributed by atoms with Gasteiger partial charge in [-0.05, 0) is 35.2 Å². The van der Waals surface area contributed by atoms with Crippen molar-refractivity contribution >= 4 is 35.0 Å². The Morgan fingerprint density at radius 2 is 1.55 bits per heavy atom. The lowest BCUT2D eigenvalue weighted by atomic mass is 10.0. The molecule has 4 nitrogen and oxygen atoms in total. The number of carbonyl (C=O) groups is 2. The van der Waals surface area contributed by atoms with E-state index in [4.69, 9.17) is 23.2 Å². The molecule has 0 bridgehead atoms. The molecule has 0 aliphatic heterocycles. The highest BCUT2D eigenvalue weighted by molar-refractivity contribution is 6.35. The molecule has 3 aromatic rings. The Labute approximate surface area is 205 Å². The molecule has 0 aromatic heterocycles. The predicted molar refractivity (Wildman–Crippen MR) is 134 cm³/mol. The molecule has 0 heterocycles. The molecule has 6 heteroatoms. The van der Waals surface area contributed by atoms with Crippen molar-refractivity contribution in [3.63, 3.8) is 0 Å². The van der Waals surface area contributed by atoms with Crippen molar-refractivity contribution in [3.05, 3.63) is 106 Å². The monoisotopic (exact) mass is 482 g/mol. The largest absolute Gasteiger partial charge is 0.354 e. The molecule has 0 fully saturated rings. The lowest BCUT2D eigenvalue weighted by molar-refractivity contribution is -0.140. The van der Waals surface area contributed by atoms with E-state index in [-0.39, 0.29) is 24.8 Å². The molecule has 3 rings (SSSR count). The number of benzene rings is 3. The summed E-state index contributed by atoms with van der Waals surface area (Å²) in [5.41, 5.74) is 2.61. The first-order valence-corrected chi connectivity index (χ1v) is 11.8. The van der Waals surface area contributed by atoms with Crippen molar-refractivity contribution in [1.82, 2.24) is 10.2 Å². The summed E-state index contributed by atoms with van der Waals surface area (Å²) in [5.74, 6) is -0.313. The first kappa shape index (κ1) is 24.8. The molecule has 33 heavy (non-hydrogen) atoms. The van der Waals surface area contributed by atoms with Crippen LogP contribution in [0.3, 0.4) is 0 Å². The second-order valence-corrected chi connectivity index (χ2v) is 8.76. The molecule has 0 aliphatic carbocycles. The number of nitrogens with one attached hydrogen (secondary N) is 1. The molecule has 172 valence electrons. The van der Waals surface area contributed by atoms with Crippen LogP contribution >= 0.6 is 23.2 Å². The van der Waals surface area contributed by atoms with E-state index >= 15 is 0 Å². The lowest BCUT2D eigenvalue weighted by Gasteiger charge is -2.32. The maximum Gasteiger partial charge on any atom is 0.243 e. The number of halogens is 2. The Bertz CT molecular complexity index is 1060. The molecule has 1 N–H and O–H groups in total. The average molecular weight is 483 g/mol. The molecule has 3 aromatic carbocycles. The molecular formula is C27H28Cl2N2O2. The van der Waals surface area contributed by atoms with Crippen molar-refractivity contribution < 1.29 is 9.59 Å². The van der Waals surface area contributed by atoms with Crippen molar-refractivity contribution in [2.45, 2.75) is 38.8 Å². The maximum atomic E-state index is 13.6. The van der Waals surface area contributed by atoms with Crippen LogP contribution in [0.4, 0.5) is 0 Å². The molecule has 0 saturated heterocycles. The lowest BCUT2D eigenvalue weighted by Crippen LogP contribution is -2.51. The topological polar surface area (TPSA) is 49.4 Å². The van der Waals surface area contributed by atoms with Crippen molar-refractivity contribution in [2.24, 2.45) is 0 Å². The molecule has 0 aliphatic rings. The molecule has 2 amide bonds. The number of amides is 2. The first-order valence-electron chi connectivity index (χ1n) is 11.1. The zero-order chi connectivity index (χ0) is 23.6. The summed E-state index contributed by atoms with van der Waals surface area (Å²) in [6.45, 7) is 2.75. The molecule has 0 unspecified atom stereocenters. The summed E-state index contributed by atoms with van der Waals surface area (Å²) >= 11 is 12.5. The van der Waals surface area contributed by atoms with Gasteiger partial charge in [-0.2, -0.15) is 0 Å². The van der Waals surface area contributed by atoms with Gasteiger partial charge in [-0.15, -0.1) is 0 Å². The molecular weight excluding hydrogens is 455 g/mol. The van der Waals surface area contributed by atoms with Crippen molar-refractivity contribution in [3.8, 4) is 0 Å². The van der Waals surface area contributed by atoms with Crippen LogP contribution in [-0.4, -0.2) is 29.3 Å². The van der Waals surface area contributed by atoms with E-state index in [2.05, 4.69) is 5.32 Å². The summed E-state index contributed by atoms with van der Waals surface area (Å²) in [5, 5.41) is 3.96. The van der Waals surface area contributed by atoms with E-state index < -0.39 is 6.04 Å². The number of nitrogens with zero attached hydrogens (tertiary/aromatic N) is 1. The number of carbonyl (C=O) groups excluding carboxylic acids is 2. The number of hydrogen-bond donors (Lipinski definition) is 1. The summed E-state index contributed by atoms with van der Waals surface area (Å²) in [4.78, 5) is 28.5. The fourth-order valence-corrected chi connectivity index (χ4v) is 4.09. The fourth-order valence-electron chi connectivity index (χ4n) is 3.63. The third kappa shape index (κ3) is 7.34. The fraction of sp³-hybridized carbons (Fsp3) is 0.259. The van der Waals surface area contributed by atoms with Crippen molar-refractivity contribution in [1.29, 1.82) is 0 Å². The van der Waals surface area contributed by atoms with Gasteiger partial charge in [-0.1, -0.05) is 96.9 Å². The van der Waals surface area contributed by atoms with Gasteiger partial charge in [0.15, 0.2) is 0 Å². The Balaban J connectivity index is 1.97. The zero-order valence-corrected chi connectivity index (χ0v) is 20.1. The van der Waals surface area contributed by atoms with Crippen molar-refractivity contribution in [2.75, 3.05) is 6.54 Å². The van der Waals surface area contributed by atoms with Crippen LogP contribution in [0.5, 0.6) is 0 Å². The third-order valence-corrected chi connectivity index (χ3v) is 5.96. The van der Waals surface area contributed by atoms with Crippen LogP contribution in [0.2, 0.25) is 10.0 Å². The second kappa shape index (κ2) is 12.4. The Morgan fingerprint density at radius 1 is 0.909 bits per heavy atom. The molecule has 1 atom stereocenters. The molecule has 0 radical (unpaired) electrons. The highest BCUT2D eigenvalue weighted by Crippen LogP contribution is 2.24. The summed E-state index contributed by atoms with van der Waals surface area (Å²) < 4.78 is 0.